The second-order valence-electron chi connectivity index (χ2n) is 4.24. The monoisotopic (exact) mass is 198 g/mol. The van der Waals surface area contributed by atoms with Crippen molar-refractivity contribution in [3.8, 4) is 0 Å². The zero-order chi connectivity index (χ0) is 10.1. The van der Waals surface area contributed by atoms with Crippen molar-refractivity contribution in [2.24, 2.45) is 0 Å². The highest BCUT2D eigenvalue weighted by Crippen LogP contribution is 2.40. The third-order valence-corrected chi connectivity index (χ3v) is 2.88. The van der Waals surface area contributed by atoms with Crippen molar-refractivity contribution >= 4 is 0 Å². The van der Waals surface area contributed by atoms with Gasteiger partial charge in [-0.15, -0.1) is 0 Å². The van der Waals surface area contributed by atoms with E-state index in [1.54, 1.807) is 0 Å². The van der Waals surface area contributed by atoms with Gasteiger partial charge in [0.2, 0.25) is 0 Å². The fourth-order valence-electron chi connectivity index (χ4n) is 1.87. The minimum absolute atomic E-state index is 0.717. The molecule has 76 valence electrons. The van der Waals surface area contributed by atoms with Crippen LogP contribution < -0.4 is 0 Å². The Balaban J connectivity index is 1.76. The van der Waals surface area contributed by atoms with Crippen LogP contribution in [0.3, 0.4) is 0 Å². The normalized spacial score (nSPS) is 15.5. The first-order valence-electron chi connectivity index (χ1n) is 5.54. The smallest absolute Gasteiger partial charge is 0.108 e. The summed E-state index contributed by atoms with van der Waals surface area (Å²) in [6.07, 6.45) is 3.52. The van der Waals surface area contributed by atoms with Crippen LogP contribution in [0.15, 0.2) is 46.9 Å². The fourth-order valence-corrected chi connectivity index (χ4v) is 1.87. The first-order valence-corrected chi connectivity index (χ1v) is 5.54. The van der Waals surface area contributed by atoms with Crippen molar-refractivity contribution in [2.75, 3.05) is 0 Å². The van der Waals surface area contributed by atoms with Crippen LogP contribution in [0.4, 0.5) is 0 Å². The van der Waals surface area contributed by atoms with Crippen molar-refractivity contribution in [3.63, 3.8) is 0 Å². The fraction of sp³-hybridized carbons (Fsp3) is 0.286. The Kier molecular flexibility index (Phi) is 2.09. The molecule has 1 fully saturated rings. The third kappa shape index (κ3) is 1.96. The second-order valence-corrected chi connectivity index (χ2v) is 4.24. The molecule has 3 rings (SSSR count). The number of furan rings is 1. The molecule has 1 aromatic carbocycles. The van der Waals surface area contributed by atoms with Crippen LogP contribution in [-0.2, 0) is 6.42 Å². The molecule has 0 spiro atoms. The van der Waals surface area contributed by atoms with Gasteiger partial charge in [0, 0.05) is 12.3 Å². The number of rotatable bonds is 3. The molecule has 0 aliphatic heterocycles. The molecule has 0 saturated heterocycles. The summed E-state index contributed by atoms with van der Waals surface area (Å²) in [5, 5.41) is 0. The second kappa shape index (κ2) is 3.58. The van der Waals surface area contributed by atoms with Crippen LogP contribution in [0.1, 0.15) is 35.8 Å². The lowest BCUT2D eigenvalue weighted by Crippen LogP contribution is -1.83. The van der Waals surface area contributed by atoms with E-state index in [4.69, 9.17) is 4.42 Å². The van der Waals surface area contributed by atoms with Crippen molar-refractivity contribution < 1.29 is 4.42 Å². The van der Waals surface area contributed by atoms with E-state index in [1.807, 2.05) is 6.07 Å². The summed E-state index contributed by atoms with van der Waals surface area (Å²) in [7, 11) is 0. The van der Waals surface area contributed by atoms with Crippen LogP contribution >= 0.6 is 0 Å². The molecule has 2 aromatic rings. The van der Waals surface area contributed by atoms with Gasteiger partial charge in [-0.2, -0.15) is 0 Å². The SMILES string of the molecule is c1ccc(Cc2ccc(C3CC3)o2)cc1. The molecule has 1 heteroatoms. The predicted molar refractivity (Wildman–Crippen MR) is 59.9 cm³/mol. The van der Waals surface area contributed by atoms with Crippen molar-refractivity contribution in [1.29, 1.82) is 0 Å². The molecule has 0 N–H and O–H groups in total. The van der Waals surface area contributed by atoms with Crippen LogP contribution in [0, 0.1) is 0 Å². The molecule has 0 unspecified atom stereocenters. The van der Waals surface area contributed by atoms with E-state index in [9.17, 15) is 0 Å². The van der Waals surface area contributed by atoms with Gasteiger partial charge < -0.3 is 4.42 Å². The maximum atomic E-state index is 5.81. The molecule has 0 radical (unpaired) electrons. The molecule has 1 aliphatic carbocycles. The predicted octanol–water partition coefficient (Wildman–Crippen LogP) is 3.75. The Hall–Kier alpha value is -1.50. The highest BCUT2D eigenvalue weighted by molar-refractivity contribution is 5.23. The van der Waals surface area contributed by atoms with Gasteiger partial charge in [0.1, 0.15) is 11.5 Å². The van der Waals surface area contributed by atoms with Crippen molar-refractivity contribution in [3.05, 3.63) is 59.5 Å². The van der Waals surface area contributed by atoms with Gasteiger partial charge in [0.15, 0.2) is 0 Å². The topological polar surface area (TPSA) is 13.1 Å². The summed E-state index contributed by atoms with van der Waals surface area (Å²) in [5.74, 6) is 2.98. The van der Waals surface area contributed by atoms with E-state index in [0.29, 0.717) is 0 Å². The van der Waals surface area contributed by atoms with Gasteiger partial charge >= 0.3 is 0 Å². The van der Waals surface area contributed by atoms with Gasteiger partial charge in [0.25, 0.3) is 0 Å². The maximum absolute atomic E-state index is 5.81. The minimum Gasteiger partial charge on any atom is -0.465 e. The summed E-state index contributed by atoms with van der Waals surface area (Å²) in [4.78, 5) is 0. The largest absolute Gasteiger partial charge is 0.465 e. The quantitative estimate of drug-likeness (QED) is 0.732. The molecule has 0 amide bonds. The highest BCUT2D eigenvalue weighted by Gasteiger charge is 2.26. The minimum atomic E-state index is 0.717. The first kappa shape index (κ1) is 8.78. The lowest BCUT2D eigenvalue weighted by Gasteiger charge is -1.97. The summed E-state index contributed by atoms with van der Waals surface area (Å²) in [5.41, 5.74) is 1.31. The number of hydrogen-bond donors (Lipinski definition) is 0. The van der Waals surface area contributed by atoms with Crippen LogP contribution in [0.25, 0.3) is 0 Å². The Bertz CT molecular complexity index is 437. The molecule has 1 nitrogen and oxygen atoms in total. The van der Waals surface area contributed by atoms with Crippen LogP contribution in [0.2, 0.25) is 0 Å². The van der Waals surface area contributed by atoms with Crippen molar-refractivity contribution in [1.82, 2.24) is 0 Å². The Morgan fingerprint density at radius 2 is 1.80 bits per heavy atom. The average molecular weight is 198 g/mol. The summed E-state index contributed by atoms with van der Waals surface area (Å²) < 4.78 is 5.81. The number of benzene rings is 1. The number of hydrogen-bond acceptors (Lipinski definition) is 1. The molecule has 0 bridgehead atoms. The van der Waals surface area contributed by atoms with E-state index in [1.165, 1.54) is 24.2 Å². The van der Waals surface area contributed by atoms with Crippen molar-refractivity contribution in [2.45, 2.75) is 25.2 Å². The Morgan fingerprint density at radius 1 is 1.00 bits per heavy atom. The molecule has 1 heterocycles. The zero-order valence-corrected chi connectivity index (χ0v) is 8.65. The Labute approximate surface area is 89.7 Å². The van der Waals surface area contributed by atoms with Gasteiger partial charge in [-0.25, -0.2) is 0 Å². The summed E-state index contributed by atoms with van der Waals surface area (Å²) in [6, 6.07) is 14.7. The Morgan fingerprint density at radius 3 is 2.53 bits per heavy atom. The third-order valence-electron chi connectivity index (χ3n) is 2.88. The lowest BCUT2D eigenvalue weighted by atomic mass is 10.1. The molecule has 0 atom stereocenters. The molecular formula is C14H14O. The molecule has 15 heavy (non-hydrogen) atoms. The lowest BCUT2D eigenvalue weighted by molar-refractivity contribution is 0.475. The van der Waals surface area contributed by atoms with E-state index < -0.39 is 0 Å². The van der Waals surface area contributed by atoms with Crippen LogP contribution in [0.5, 0.6) is 0 Å². The van der Waals surface area contributed by atoms with Gasteiger partial charge in [0.05, 0.1) is 0 Å². The van der Waals surface area contributed by atoms with Gasteiger partial charge in [-0.3, -0.25) is 0 Å². The van der Waals surface area contributed by atoms with E-state index in [0.717, 1.165) is 18.1 Å². The van der Waals surface area contributed by atoms with Gasteiger partial charge in [-0.1, -0.05) is 30.3 Å². The average Bonchev–Trinajstić information content (AvgIpc) is 3.02. The zero-order valence-electron chi connectivity index (χ0n) is 8.65. The molecule has 1 saturated carbocycles. The first-order chi connectivity index (χ1) is 7.42. The standard InChI is InChI=1S/C14H14O/c1-2-4-11(5-3-1)10-13-8-9-14(15-13)12-6-7-12/h1-5,8-9,12H,6-7,10H2. The van der Waals surface area contributed by atoms with E-state index in [-0.39, 0.29) is 0 Å². The molecular weight excluding hydrogens is 184 g/mol. The van der Waals surface area contributed by atoms with Gasteiger partial charge in [-0.05, 0) is 30.5 Å². The summed E-state index contributed by atoms with van der Waals surface area (Å²) >= 11 is 0. The maximum Gasteiger partial charge on any atom is 0.108 e. The van der Waals surface area contributed by atoms with E-state index >= 15 is 0 Å². The highest BCUT2D eigenvalue weighted by atomic mass is 16.3. The summed E-state index contributed by atoms with van der Waals surface area (Å²) in [6.45, 7) is 0. The molecule has 1 aliphatic rings. The van der Waals surface area contributed by atoms with E-state index in [2.05, 4.69) is 36.4 Å². The molecule has 1 aromatic heterocycles. The van der Waals surface area contributed by atoms with Crippen LogP contribution in [-0.4, -0.2) is 0 Å².